The van der Waals surface area contributed by atoms with Gasteiger partial charge in [0.15, 0.2) is 11.5 Å². The van der Waals surface area contributed by atoms with E-state index in [1.807, 2.05) is 19.1 Å². The molecule has 2 aromatic carbocycles. The standard InChI is InChI=1S/C22H30ClNO2/c1-6-22(4,5)24-14-18-12-19(23)21(20(13-18)25-7-2)26-15-17-10-8-16(3)9-11-17/h8-13,24H,6-7,14-15H2,1-5H3. The first-order chi connectivity index (χ1) is 12.3. The molecule has 0 aliphatic carbocycles. The zero-order valence-corrected chi connectivity index (χ0v) is 17.2. The number of hydrogen-bond acceptors (Lipinski definition) is 3. The lowest BCUT2D eigenvalue weighted by Gasteiger charge is -2.25. The van der Waals surface area contributed by atoms with Gasteiger partial charge in [0.05, 0.1) is 11.6 Å². The summed E-state index contributed by atoms with van der Waals surface area (Å²) in [6.07, 6.45) is 1.05. The molecule has 0 saturated heterocycles. The first-order valence-corrected chi connectivity index (χ1v) is 9.61. The third kappa shape index (κ3) is 5.93. The van der Waals surface area contributed by atoms with Crippen LogP contribution in [0.3, 0.4) is 0 Å². The molecule has 0 aliphatic rings. The van der Waals surface area contributed by atoms with E-state index in [1.165, 1.54) is 5.56 Å². The van der Waals surface area contributed by atoms with Crippen LogP contribution in [0.1, 0.15) is 50.8 Å². The number of aryl methyl sites for hydroxylation is 1. The van der Waals surface area contributed by atoms with E-state index in [2.05, 4.69) is 57.3 Å². The topological polar surface area (TPSA) is 30.5 Å². The van der Waals surface area contributed by atoms with Crippen LogP contribution >= 0.6 is 11.6 Å². The van der Waals surface area contributed by atoms with Crippen molar-refractivity contribution >= 4 is 11.6 Å². The van der Waals surface area contributed by atoms with Gasteiger partial charge in [0, 0.05) is 12.1 Å². The lowest BCUT2D eigenvalue weighted by Crippen LogP contribution is -2.37. The van der Waals surface area contributed by atoms with Crippen molar-refractivity contribution in [2.45, 2.75) is 59.7 Å². The minimum atomic E-state index is 0.0822. The van der Waals surface area contributed by atoms with Crippen LogP contribution in [-0.4, -0.2) is 12.1 Å². The fourth-order valence-corrected chi connectivity index (χ4v) is 2.72. The molecule has 26 heavy (non-hydrogen) atoms. The molecule has 142 valence electrons. The number of benzene rings is 2. The molecule has 0 bridgehead atoms. The second-order valence-corrected chi connectivity index (χ2v) is 7.61. The largest absolute Gasteiger partial charge is 0.490 e. The summed E-state index contributed by atoms with van der Waals surface area (Å²) < 4.78 is 11.8. The molecule has 0 unspecified atom stereocenters. The van der Waals surface area contributed by atoms with Crippen LogP contribution in [0.15, 0.2) is 36.4 Å². The Hall–Kier alpha value is -1.71. The van der Waals surface area contributed by atoms with Crippen LogP contribution < -0.4 is 14.8 Å². The molecule has 3 nitrogen and oxygen atoms in total. The maximum Gasteiger partial charge on any atom is 0.180 e. The highest BCUT2D eigenvalue weighted by Crippen LogP contribution is 2.37. The number of rotatable bonds is 9. The molecule has 0 atom stereocenters. The second-order valence-electron chi connectivity index (χ2n) is 7.20. The zero-order valence-electron chi connectivity index (χ0n) is 16.5. The van der Waals surface area contributed by atoms with Crippen LogP contribution in [0.2, 0.25) is 5.02 Å². The molecular weight excluding hydrogens is 346 g/mol. The van der Waals surface area contributed by atoms with Gasteiger partial charge in [0.25, 0.3) is 0 Å². The van der Waals surface area contributed by atoms with E-state index in [9.17, 15) is 0 Å². The molecule has 4 heteroatoms. The molecule has 0 radical (unpaired) electrons. The second kappa shape index (κ2) is 9.29. The smallest absolute Gasteiger partial charge is 0.180 e. The van der Waals surface area contributed by atoms with E-state index in [-0.39, 0.29) is 5.54 Å². The van der Waals surface area contributed by atoms with Gasteiger partial charge in [0.1, 0.15) is 6.61 Å². The van der Waals surface area contributed by atoms with Gasteiger partial charge in [-0.3, -0.25) is 0 Å². The highest BCUT2D eigenvalue weighted by molar-refractivity contribution is 6.32. The van der Waals surface area contributed by atoms with Gasteiger partial charge in [0.2, 0.25) is 0 Å². The van der Waals surface area contributed by atoms with Crippen LogP contribution in [0, 0.1) is 6.92 Å². The summed E-state index contributed by atoms with van der Waals surface area (Å²) in [5.74, 6) is 1.30. The quantitative estimate of drug-likeness (QED) is 0.591. The van der Waals surface area contributed by atoms with Crippen molar-refractivity contribution in [2.75, 3.05) is 6.61 Å². The average molecular weight is 376 g/mol. The molecular formula is C22H30ClNO2. The van der Waals surface area contributed by atoms with Crippen LogP contribution in [0.4, 0.5) is 0 Å². The summed E-state index contributed by atoms with van der Waals surface area (Å²) in [6, 6.07) is 12.2. The molecule has 2 aromatic rings. The Labute approximate surface area is 162 Å². The van der Waals surface area contributed by atoms with Crippen LogP contribution in [0.25, 0.3) is 0 Å². The van der Waals surface area contributed by atoms with Crippen LogP contribution in [-0.2, 0) is 13.2 Å². The minimum Gasteiger partial charge on any atom is -0.490 e. The summed E-state index contributed by atoms with van der Waals surface area (Å²) in [6.45, 7) is 12.3. The van der Waals surface area contributed by atoms with Crippen molar-refractivity contribution in [3.63, 3.8) is 0 Å². The van der Waals surface area contributed by atoms with Crippen LogP contribution in [0.5, 0.6) is 11.5 Å². The van der Waals surface area contributed by atoms with E-state index in [4.69, 9.17) is 21.1 Å². The average Bonchev–Trinajstić information content (AvgIpc) is 2.61. The Morgan fingerprint density at radius 3 is 2.31 bits per heavy atom. The zero-order chi connectivity index (χ0) is 19.2. The highest BCUT2D eigenvalue weighted by Gasteiger charge is 2.16. The minimum absolute atomic E-state index is 0.0822. The van der Waals surface area contributed by atoms with Gasteiger partial charge in [-0.25, -0.2) is 0 Å². The fraction of sp³-hybridized carbons (Fsp3) is 0.455. The van der Waals surface area contributed by atoms with E-state index < -0.39 is 0 Å². The van der Waals surface area contributed by atoms with Crippen molar-refractivity contribution < 1.29 is 9.47 Å². The Kier molecular flexibility index (Phi) is 7.36. The Morgan fingerprint density at radius 1 is 1.00 bits per heavy atom. The van der Waals surface area contributed by atoms with Gasteiger partial charge < -0.3 is 14.8 Å². The predicted octanol–water partition coefficient (Wildman–Crippen LogP) is 5.90. The fourth-order valence-electron chi connectivity index (χ4n) is 2.43. The summed E-state index contributed by atoms with van der Waals surface area (Å²) in [5, 5.41) is 4.13. The van der Waals surface area contributed by atoms with E-state index in [1.54, 1.807) is 0 Å². The van der Waals surface area contributed by atoms with Crippen molar-refractivity contribution in [1.82, 2.24) is 5.32 Å². The maximum atomic E-state index is 6.51. The molecule has 0 saturated carbocycles. The molecule has 0 heterocycles. The number of nitrogens with one attached hydrogen (secondary N) is 1. The van der Waals surface area contributed by atoms with Crippen molar-refractivity contribution in [3.8, 4) is 11.5 Å². The van der Waals surface area contributed by atoms with Gasteiger partial charge in [-0.2, -0.15) is 0 Å². The first-order valence-electron chi connectivity index (χ1n) is 9.23. The van der Waals surface area contributed by atoms with Gasteiger partial charge in [-0.15, -0.1) is 0 Å². The number of hydrogen-bond donors (Lipinski definition) is 1. The normalized spacial score (nSPS) is 11.5. The third-order valence-electron chi connectivity index (χ3n) is 4.53. The van der Waals surface area contributed by atoms with Crippen molar-refractivity contribution in [3.05, 3.63) is 58.1 Å². The number of halogens is 1. The molecule has 1 N–H and O–H groups in total. The molecule has 0 spiro atoms. The summed E-state index contributed by atoms with van der Waals surface area (Å²) in [5.41, 5.74) is 3.50. The van der Waals surface area contributed by atoms with Crippen molar-refractivity contribution in [1.29, 1.82) is 0 Å². The van der Waals surface area contributed by atoms with E-state index >= 15 is 0 Å². The summed E-state index contributed by atoms with van der Waals surface area (Å²) in [4.78, 5) is 0. The monoisotopic (exact) mass is 375 g/mol. The number of ether oxygens (including phenoxy) is 2. The molecule has 0 fully saturated rings. The van der Waals surface area contributed by atoms with Gasteiger partial charge in [-0.05, 0) is 57.4 Å². The Balaban J connectivity index is 2.15. The lowest BCUT2D eigenvalue weighted by atomic mass is 10.0. The molecule has 0 amide bonds. The maximum absolute atomic E-state index is 6.51. The molecule has 0 aliphatic heterocycles. The van der Waals surface area contributed by atoms with E-state index in [0.29, 0.717) is 29.7 Å². The van der Waals surface area contributed by atoms with E-state index in [0.717, 1.165) is 24.1 Å². The van der Waals surface area contributed by atoms with Gasteiger partial charge in [-0.1, -0.05) is 48.4 Å². The molecule has 0 aromatic heterocycles. The highest BCUT2D eigenvalue weighted by atomic mass is 35.5. The summed E-state index contributed by atoms with van der Waals surface area (Å²) in [7, 11) is 0. The van der Waals surface area contributed by atoms with Gasteiger partial charge >= 0.3 is 0 Å². The first kappa shape index (κ1) is 20.6. The lowest BCUT2D eigenvalue weighted by molar-refractivity contribution is 0.269. The Bertz CT molecular complexity index is 711. The SMILES string of the molecule is CCOc1cc(CNC(C)(C)CC)cc(Cl)c1OCc1ccc(C)cc1. The summed E-state index contributed by atoms with van der Waals surface area (Å²) >= 11 is 6.51. The van der Waals surface area contributed by atoms with Crippen molar-refractivity contribution in [2.24, 2.45) is 0 Å². The molecule has 2 rings (SSSR count). The Morgan fingerprint density at radius 2 is 1.69 bits per heavy atom. The third-order valence-corrected chi connectivity index (χ3v) is 4.81. The predicted molar refractivity (Wildman–Crippen MR) is 109 cm³/mol.